The smallest absolute Gasteiger partial charge is 0.241 e. The molecular formula is C25H30N4O5S. The van der Waals surface area contributed by atoms with Crippen LogP contribution in [0.1, 0.15) is 38.2 Å². The third-order valence-electron chi connectivity index (χ3n) is 6.35. The molecule has 4 rings (SSSR count). The zero-order chi connectivity index (χ0) is 25.2. The fraction of sp³-hybridized carbons (Fsp3) is 0.360. The SMILES string of the molecule is COc1ccc2[nH]cc(C3CCN(C(=O)[C@H](C)NS(=O)(=O)c4ccc(NC(C)=O)cc4)CC3)c2c1. The largest absolute Gasteiger partial charge is 0.497 e. The Morgan fingerprint density at radius 3 is 2.43 bits per heavy atom. The first kappa shape index (κ1) is 24.7. The number of amides is 2. The van der Waals surface area contributed by atoms with Gasteiger partial charge >= 0.3 is 0 Å². The minimum absolute atomic E-state index is 0.0275. The predicted molar refractivity (Wildman–Crippen MR) is 134 cm³/mol. The number of H-pyrrole nitrogens is 1. The van der Waals surface area contributed by atoms with E-state index in [1.165, 1.54) is 36.8 Å². The van der Waals surface area contributed by atoms with Crippen LogP contribution >= 0.6 is 0 Å². The lowest BCUT2D eigenvalue weighted by Gasteiger charge is -2.33. The predicted octanol–water partition coefficient (Wildman–Crippen LogP) is 3.21. The Labute approximate surface area is 204 Å². The van der Waals surface area contributed by atoms with Crippen molar-refractivity contribution in [3.8, 4) is 5.75 Å². The first-order valence-electron chi connectivity index (χ1n) is 11.5. The number of piperidine rings is 1. The molecule has 1 aliphatic rings. The molecule has 10 heteroatoms. The molecule has 3 aromatic rings. The Kier molecular flexibility index (Phi) is 7.13. The fourth-order valence-electron chi connectivity index (χ4n) is 4.54. The highest BCUT2D eigenvalue weighted by molar-refractivity contribution is 7.89. The van der Waals surface area contributed by atoms with Gasteiger partial charge in [0.25, 0.3) is 0 Å². The number of nitrogens with zero attached hydrogens (tertiary/aromatic N) is 1. The molecule has 2 aromatic carbocycles. The fourth-order valence-corrected chi connectivity index (χ4v) is 5.74. The zero-order valence-electron chi connectivity index (χ0n) is 20.0. The summed E-state index contributed by atoms with van der Waals surface area (Å²) in [4.78, 5) is 29.2. The number of hydrogen-bond acceptors (Lipinski definition) is 5. The summed E-state index contributed by atoms with van der Waals surface area (Å²) in [5.74, 6) is 0.611. The lowest BCUT2D eigenvalue weighted by molar-refractivity contribution is -0.133. The molecule has 1 saturated heterocycles. The number of aromatic amines is 1. The Hall–Kier alpha value is -3.37. The van der Waals surface area contributed by atoms with Crippen molar-refractivity contribution in [3.05, 3.63) is 54.2 Å². The van der Waals surface area contributed by atoms with Gasteiger partial charge in [0.15, 0.2) is 0 Å². The summed E-state index contributed by atoms with van der Waals surface area (Å²) in [5, 5.41) is 3.72. The van der Waals surface area contributed by atoms with E-state index in [2.05, 4.69) is 15.0 Å². The van der Waals surface area contributed by atoms with Crippen molar-refractivity contribution in [1.82, 2.24) is 14.6 Å². The number of methoxy groups -OCH3 is 1. The summed E-state index contributed by atoms with van der Waals surface area (Å²) in [6, 6.07) is 10.9. The number of carbonyl (C=O) groups excluding carboxylic acids is 2. The van der Waals surface area contributed by atoms with E-state index in [9.17, 15) is 18.0 Å². The Morgan fingerprint density at radius 1 is 1.11 bits per heavy atom. The molecular weight excluding hydrogens is 468 g/mol. The molecule has 0 unspecified atom stereocenters. The van der Waals surface area contributed by atoms with E-state index in [4.69, 9.17) is 4.74 Å². The van der Waals surface area contributed by atoms with Crippen molar-refractivity contribution in [2.45, 2.75) is 43.5 Å². The molecule has 1 atom stereocenters. The van der Waals surface area contributed by atoms with E-state index in [1.54, 1.807) is 18.9 Å². The number of aromatic nitrogens is 1. The van der Waals surface area contributed by atoms with E-state index in [0.717, 1.165) is 29.5 Å². The second-order valence-electron chi connectivity index (χ2n) is 8.80. The summed E-state index contributed by atoms with van der Waals surface area (Å²) < 4.78 is 33.4. The highest BCUT2D eigenvalue weighted by Crippen LogP contribution is 2.34. The van der Waals surface area contributed by atoms with Crippen molar-refractivity contribution in [2.24, 2.45) is 0 Å². The van der Waals surface area contributed by atoms with Gasteiger partial charge in [0, 0.05) is 42.8 Å². The molecule has 1 aromatic heterocycles. The van der Waals surface area contributed by atoms with Gasteiger partial charge in [-0.2, -0.15) is 4.72 Å². The van der Waals surface area contributed by atoms with Crippen LogP contribution in [0.5, 0.6) is 5.75 Å². The molecule has 0 saturated carbocycles. The number of hydrogen-bond donors (Lipinski definition) is 3. The standard InChI is InChI=1S/C25H30N4O5S/c1-16(28-35(32,33)21-7-4-19(5-8-21)27-17(2)30)25(31)29-12-10-18(11-13-29)23-15-26-24-9-6-20(34-3)14-22(23)24/h4-9,14-16,18,26,28H,10-13H2,1-3H3,(H,27,30)/t16-/m0/s1. The van der Waals surface area contributed by atoms with Gasteiger partial charge in [-0.3, -0.25) is 9.59 Å². The molecule has 2 heterocycles. The van der Waals surface area contributed by atoms with Gasteiger partial charge in [-0.25, -0.2) is 8.42 Å². The third kappa shape index (κ3) is 5.49. The number of rotatable bonds is 7. The lowest BCUT2D eigenvalue weighted by atomic mass is 9.89. The van der Waals surface area contributed by atoms with Crippen molar-refractivity contribution in [3.63, 3.8) is 0 Å². The average molecular weight is 499 g/mol. The second-order valence-corrected chi connectivity index (χ2v) is 10.5. The van der Waals surface area contributed by atoms with Crippen LogP contribution in [0.25, 0.3) is 10.9 Å². The van der Waals surface area contributed by atoms with E-state index >= 15 is 0 Å². The first-order chi connectivity index (χ1) is 16.7. The molecule has 186 valence electrons. The van der Waals surface area contributed by atoms with Gasteiger partial charge < -0.3 is 19.9 Å². The van der Waals surface area contributed by atoms with Gasteiger partial charge in [0.05, 0.1) is 18.0 Å². The quantitative estimate of drug-likeness (QED) is 0.462. The van der Waals surface area contributed by atoms with Crippen molar-refractivity contribution < 1.29 is 22.7 Å². The summed E-state index contributed by atoms with van der Waals surface area (Å²) in [5.41, 5.74) is 2.76. The molecule has 0 radical (unpaired) electrons. The van der Waals surface area contributed by atoms with Crippen LogP contribution in [0.15, 0.2) is 53.6 Å². The van der Waals surface area contributed by atoms with E-state index in [-0.39, 0.29) is 16.7 Å². The molecule has 0 bridgehead atoms. The maximum atomic E-state index is 13.0. The molecule has 1 fully saturated rings. The summed E-state index contributed by atoms with van der Waals surface area (Å²) in [7, 11) is -2.25. The highest BCUT2D eigenvalue weighted by Gasteiger charge is 2.30. The van der Waals surface area contributed by atoms with Gasteiger partial charge in [-0.15, -0.1) is 0 Å². The third-order valence-corrected chi connectivity index (χ3v) is 7.91. The number of carbonyl (C=O) groups is 2. The molecule has 2 amide bonds. The number of fused-ring (bicyclic) bond motifs is 1. The number of ether oxygens (including phenoxy) is 1. The van der Waals surface area contributed by atoms with Gasteiger partial charge in [0.2, 0.25) is 21.8 Å². The Bertz CT molecular complexity index is 1330. The lowest BCUT2D eigenvalue weighted by Crippen LogP contribution is -2.49. The van der Waals surface area contributed by atoms with Crippen LogP contribution in [-0.4, -0.2) is 56.4 Å². The molecule has 3 N–H and O–H groups in total. The summed E-state index contributed by atoms with van der Waals surface area (Å²) >= 11 is 0. The Balaban J connectivity index is 1.37. The number of anilines is 1. The van der Waals surface area contributed by atoms with Crippen LogP contribution in [-0.2, 0) is 19.6 Å². The highest BCUT2D eigenvalue weighted by atomic mass is 32.2. The molecule has 0 aliphatic carbocycles. The topological polar surface area (TPSA) is 121 Å². The summed E-state index contributed by atoms with van der Waals surface area (Å²) in [6.07, 6.45) is 3.61. The van der Waals surface area contributed by atoms with Gasteiger partial charge in [-0.1, -0.05) is 0 Å². The minimum atomic E-state index is -3.89. The van der Waals surface area contributed by atoms with E-state index in [1.807, 2.05) is 24.4 Å². The van der Waals surface area contributed by atoms with Crippen molar-refractivity contribution in [2.75, 3.05) is 25.5 Å². The van der Waals surface area contributed by atoms with Crippen molar-refractivity contribution in [1.29, 1.82) is 0 Å². The van der Waals surface area contributed by atoms with E-state index < -0.39 is 16.1 Å². The normalized spacial score (nSPS) is 15.7. The molecule has 35 heavy (non-hydrogen) atoms. The minimum Gasteiger partial charge on any atom is -0.497 e. The average Bonchev–Trinajstić information content (AvgIpc) is 3.26. The zero-order valence-corrected chi connectivity index (χ0v) is 20.8. The summed E-state index contributed by atoms with van der Waals surface area (Å²) in [6.45, 7) is 4.04. The van der Waals surface area contributed by atoms with Crippen LogP contribution in [0.2, 0.25) is 0 Å². The van der Waals surface area contributed by atoms with E-state index in [0.29, 0.717) is 24.7 Å². The van der Waals surface area contributed by atoms with Crippen molar-refractivity contribution >= 4 is 38.4 Å². The maximum absolute atomic E-state index is 13.0. The Morgan fingerprint density at radius 2 is 1.80 bits per heavy atom. The van der Waals surface area contributed by atoms with Gasteiger partial charge in [0.1, 0.15) is 5.75 Å². The number of nitrogens with one attached hydrogen (secondary N) is 3. The number of sulfonamides is 1. The molecule has 0 spiro atoms. The number of benzene rings is 2. The first-order valence-corrected chi connectivity index (χ1v) is 13.0. The van der Waals surface area contributed by atoms with Gasteiger partial charge in [-0.05, 0) is 73.7 Å². The second kappa shape index (κ2) is 10.1. The molecule has 9 nitrogen and oxygen atoms in total. The monoisotopic (exact) mass is 498 g/mol. The number of likely N-dealkylation sites (tertiary alicyclic amines) is 1. The van der Waals surface area contributed by atoms with Crippen LogP contribution in [0.4, 0.5) is 5.69 Å². The van der Waals surface area contributed by atoms with Crippen LogP contribution < -0.4 is 14.8 Å². The maximum Gasteiger partial charge on any atom is 0.241 e. The van der Waals surface area contributed by atoms with Crippen LogP contribution in [0.3, 0.4) is 0 Å². The molecule has 1 aliphatic heterocycles. The van der Waals surface area contributed by atoms with Crippen LogP contribution in [0, 0.1) is 0 Å².